The van der Waals surface area contributed by atoms with Crippen LogP contribution in [0.15, 0.2) is 46.4 Å². The van der Waals surface area contributed by atoms with E-state index in [-0.39, 0.29) is 12.0 Å². The van der Waals surface area contributed by atoms with Crippen LogP contribution >= 0.6 is 27.3 Å². The highest BCUT2D eigenvalue weighted by atomic mass is 79.9. The summed E-state index contributed by atoms with van der Waals surface area (Å²) in [5.41, 5.74) is 1.30. The van der Waals surface area contributed by atoms with Crippen LogP contribution in [-0.4, -0.2) is 45.2 Å². The standard InChI is InChI=1S/C17H15BrN4O2S/c18-12-3-1-6-19-16(12)24-11-5-7-22(10-11)17(23)14-9-13(20-21-14)15-4-2-8-25-15/h1-4,6,8-9,11H,5,7,10H2,(H,20,21). The molecule has 1 unspecified atom stereocenters. The van der Waals surface area contributed by atoms with Crippen molar-refractivity contribution in [1.29, 1.82) is 0 Å². The molecule has 0 bridgehead atoms. The maximum Gasteiger partial charge on any atom is 0.274 e. The molecule has 25 heavy (non-hydrogen) atoms. The van der Waals surface area contributed by atoms with Gasteiger partial charge in [0.1, 0.15) is 6.10 Å². The molecular formula is C17H15BrN4O2S. The molecule has 1 fully saturated rings. The van der Waals surface area contributed by atoms with Crippen molar-refractivity contribution in [3.8, 4) is 16.5 Å². The van der Waals surface area contributed by atoms with Crippen molar-refractivity contribution in [3.05, 3.63) is 52.1 Å². The third kappa shape index (κ3) is 3.45. The van der Waals surface area contributed by atoms with Gasteiger partial charge in [-0.15, -0.1) is 11.3 Å². The van der Waals surface area contributed by atoms with Crippen LogP contribution in [-0.2, 0) is 0 Å². The van der Waals surface area contributed by atoms with Crippen molar-refractivity contribution in [2.75, 3.05) is 13.1 Å². The number of hydrogen-bond donors (Lipinski definition) is 1. The number of likely N-dealkylation sites (tertiary alicyclic amines) is 1. The van der Waals surface area contributed by atoms with E-state index in [1.165, 1.54) is 0 Å². The van der Waals surface area contributed by atoms with Crippen LogP contribution in [0.4, 0.5) is 0 Å². The molecule has 1 saturated heterocycles. The van der Waals surface area contributed by atoms with E-state index in [1.54, 1.807) is 28.5 Å². The zero-order valence-corrected chi connectivity index (χ0v) is 15.6. The first kappa shape index (κ1) is 16.3. The van der Waals surface area contributed by atoms with Crippen molar-refractivity contribution in [3.63, 3.8) is 0 Å². The Morgan fingerprint density at radius 3 is 3.12 bits per heavy atom. The fourth-order valence-electron chi connectivity index (χ4n) is 2.78. The quantitative estimate of drug-likeness (QED) is 0.702. The molecule has 1 aliphatic heterocycles. The monoisotopic (exact) mass is 418 g/mol. The molecule has 6 nitrogen and oxygen atoms in total. The molecule has 3 aromatic heterocycles. The highest BCUT2D eigenvalue weighted by Crippen LogP contribution is 2.26. The Morgan fingerprint density at radius 1 is 1.40 bits per heavy atom. The average Bonchev–Trinajstić information content (AvgIpc) is 3.37. The highest BCUT2D eigenvalue weighted by molar-refractivity contribution is 9.10. The summed E-state index contributed by atoms with van der Waals surface area (Å²) in [5.74, 6) is 0.479. The number of aromatic amines is 1. The van der Waals surface area contributed by atoms with Crippen molar-refractivity contribution < 1.29 is 9.53 Å². The van der Waals surface area contributed by atoms with Crippen molar-refractivity contribution in [2.45, 2.75) is 12.5 Å². The summed E-state index contributed by atoms with van der Waals surface area (Å²) >= 11 is 5.03. The molecule has 1 aliphatic rings. The first-order chi connectivity index (χ1) is 12.2. The second-order valence-electron chi connectivity index (χ2n) is 5.71. The minimum Gasteiger partial charge on any atom is -0.472 e. The van der Waals surface area contributed by atoms with E-state index in [4.69, 9.17) is 4.74 Å². The Morgan fingerprint density at radius 2 is 2.32 bits per heavy atom. The SMILES string of the molecule is O=C(c1cc(-c2cccs2)[nH]n1)N1CCC(Oc2ncccc2Br)C1. The maximum atomic E-state index is 12.7. The predicted octanol–water partition coefficient (Wildman–Crippen LogP) is 3.59. The molecule has 0 aliphatic carbocycles. The molecule has 1 atom stereocenters. The van der Waals surface area contributed by atoms with Gasteiger partial charge in [0.25, 0.3) is 5.91 Å². The van der Waals surface area contributed by atoms with Gasteiger partial charge >= 0.3 is 0 Å². The van der Waals surface area contributed by atoms with Gasteiger partial charge in [-0.1, -0.05) is 6.07 Å². The van der Waals surface area contributed by atoms with Gasteiger partial charge in [0.2, 0.25) is 5.88 Å². The van der Waals surface area contributed by atoms with Crippen LogP contribution in [0.2, 0.25) is 0 Å². The fourth-order valence-corrected chi connectivity index (χ4v) is 3.82. The molecule has 1 N–H and O–H groups in total. The number of halogens is 1. The van der Waals surface area contributed by atoms with E-state index in [2.05, 4.69) is 31.1 Å². The van der Waals surface area contributed by atoms with E-state index in [0.29, 0.717) is 24.7 Å². The number of pyridine rings is 1. The fraction of sp³-hybridized carbons (Fsp3) is 0.235. The van der Waals surface area contributed by atoms with Gasteiger partial charge < -0.3 is 9.64 Å². The lowest BCUT2D eigenvalue weighted by Gasteiger charge is -2.16. The van der Waals surface area contributed by atoms with Crippen molar-refractivity contribution in [2.24, 2.45) is 0 Å². The topological polar surface area (TPSA) is 71.1 Å². The summed E-state index contributed by atoms with van der Waals surface area (Å²) in [7, 11) is 0. The molecule has 0 aromatic carbocycles. The number of hydrogen-bond acceptors (Lipinski definition) is 5. The summed E-state index contributed by atoms with van der Waals surface area (Å²) in [6, 6.07) is 9.50. The largest absolute Gasteiger partial charge is 0.472 e. The first-order valence-electron chi connectivity index (χ1n) is 7.86. The number of rotatable bonds is 4. The molecule has 8 heteroatoms. The number of H-pyrrole nitrogens is 1. The molecule has 0 spiro atoms. The Bertz CT molecular complexity index is 880. The van der Waals surface area contributed by atoms with Gasteiger partial charge in [0.05, 0.1) is 21.6 Å². The number of thiophene rings is 1. The second-order valence-corrected chi connectivity index (χ2v) is 7.52. The second kappa shape index (κ2) is 6.97. The molecule has 1 amide bonds. The molecule has 4 heterocycles. The van der Waals surface area contributed by atoms with Crippen LogP contribution in [0.3, 0.4) is 0 Å². The third-order valence-corrected chi connectivity index (χ3v) is 5.53. The minimum atomic E-state index is -0.0785. The predicted molar refractivity (Wildman–Crippen MR) is 98.8 cm³/mol. The Kier molecular flexibility index (Phi) is 4.54. The van der Waals surface area contributed by atoms with E-state index in [1.807, 2.05) is 29.6 Å². The van der Waals surface area contributed by atoms with Gasteiger partial charge in [-0.05, 0) is 45.6 Å². The third-order valence-electron chi connectivity index (χ3n) is 4.02. The zero-order valence-electron chi connectivity index (χ0n) is 13.2. The Labute approximate surface area is 157 Å². The lowest BCUT2D eigenvalue weighted by atomic mass is 10.3. The van der Waals surface area contributed by atoms with E-state index >= 15 is 0 Å². The number of ether oxygens (including phenoxy) is 1. The van der Waals surface area contributed by atoms with Gasteiger partial charge in [0.15, 0.2) is 5.69 Å². The van der Waals surface area contributed by atoms with Crippen LogP contribution in [0.25, 0.3) is 10.6 Å². The van der Waals surface area contributed by atoms with Crippen LogP contribution in [0, 0.1) is 0 Å². The molecule has 0 radical (unpaired) electrons. The highest BCUT2D eigenvalue weighted by Gasteiger charge is 2.30. The summed E-state index contributed by atoms with van der Waals surface area (Å²) < 4.78 is 6.72. The number of nitrogens with one attached hydrogen (secondary N) is 1. The number of nitrogens with zero attached hydrogens (tertiary/aromatic N) is 3. The normalized spacial score (nSPS) is 17.0. The minimum absolute atomic E-state index is 0.0640. The van der Waals surface area contributed by atoms with Gasteiger partial charge in [-0.2, -0.15) is 5.10 Å². The lowest BCUT2D eigenvalue weighted by molar-refractivity contribution is 0.0765. The first-order valence-corrected chi connectivity index (χ1v) is 9.54. The smallest absolute Gasteiger partial charge is 0.274 e. The average molecular weight is 419 g/mol. The summed E-state index contributed by atoms with van der Waals surface area (Å²) in [5, 5.41) is 9.10. The van der Waals surface area contributed by atoms with E-state index < -0.39 is 0 Å². The van der Waals surface area contributed by atoms with Crippen LogP contribution < -0.4 is 4.74 Å². The Hall–Kier alpha value is -2.19. The summed E-state index contributed by atoms with van der Waals surface area (Å²) in [6.07, 6.45) is 2.40. The summed E-state index contributed by atoms with van der Waals surface area (Å²) in [4.78, 5) is 19.7. The van der Waals surface area contributed by atoms with E-state index in [0.717, 1.165) is 21.5 Å². The molecule has 0 saturated carbocycles. The lowest BCUT2D eigenvalue weighted by Crippen LogP contribution is -2.31. The number of amides is 1. The van der Waals surface area contributed by atoms with Crippen molar-refractivity contribution >= 4 is 33.2 Å². The summed E-state index contributed by atoms with van der Waals surface area (Å²) in [6.45, 7) is 1.18. The van der Waals surface area contributed by atoms with Gasteiger partial charge in [-0.3, -0.25) is 9.89 Å². The Balaban J connectivity index is 1.41. The number of carbonyl (C=O) groups excluding carboxylic acids is 1. The van der Waals surface area contributed by atoms with Gasteiger partial charge in [0, 0.05) is 19.2 Å². The number of aromatic nitrogens is 3. The van der Waals surface area contributed by atoms with E-state index in [9.17, 15) is 4.79 Å². The molecule has 128 valence electrons. The van der Waals surface area contributed by atoms with Gasteiger partial charge in [-0.25, -0.2) is 4.98 Å². The molecular weight excluding hydrogens is 404 g/mol. The number of carbonyl (C=O) groups is 1. The van der Waals surface area contributed by atoms with Crippen molar-refractivity contribution in [1.82, 2.24) is 20.1 Å². The molecule has 3 aromatic rings. The molecule has 4 rings (SSSR count). The maximum absolute atomic E-state index is 12.7. The van der Waals surface area contributed by atoms with Crippen LogP contribution in [0.1, 0.15) is 16.9 Å². The van der Waals surface area contributed by atoms with Crippen LogP contribution in [0.5, 0.6) is 5.88 Å². The zero-order chi connectivity index (χ0) is 17.2.